The zero-order chi connectivity index (χ0) is 20.6. The van der Waals surface area contributed by atoms with Gasteiger partial charge in [-0.3, -0.25) is 9.56 Å². The van der Waals surface area contributed by atoms with Gasteiger partial charge in [0.2, 0.25) is 10.0 Å². The van der Waals surface area contributed by atoms with Crippen LogP contribution in [0.3, 0.4) is 0 Å². The van der Waals surface area contributed by atoms with E-state index in [9.17, 15) is 8.42 Å². The highest BCUT2D eigenvalue weighted by Gasteiger charge is 2.27. The van der Waals surface area contributed by atoms with Crippen LogP contribution in [-0.2, 0) is 16.6 Å². The first-order valence-corrected chi connectivity index (χ1v) is 11.3. The molecule has 9 heteroatoms. The van der Waals surface area contributed by atoms with E-state index in [4.69, 9.17) is 16.6 Å². The van der Waals surface area contributed by atoms with Gasteiger partial charge in [0.1, 0.15) is 6.54 Å². The number of hydrogen-bond donors (Lipinski definition) is 1. The molecular weight excluding hydrogens is 410 g/mol. The fourth-order valence-corrected chi connectivity index (χ4v) is 4.33. The number of nitrogens with zero attached hydrogens (tertiary/aromatic N) is 4. The predicted molar refractivity (Wildman–Crippen MR) is 113 cm³/mol. The van der Waals surface area contributed by atoms with Crippen LogP contribution in [0.25, 0.3) is 5.69 Å². The number of nitrogens with one attached hydrogen (secondary N) is 1. The summed E-state index contributed by atoms with van der Waals surface area (Å²) in [6.07, 6.45) is 0. The van der Waals surface area contributed by atoms with Crippen LogP contribution in [0.1, 0.15) is 42.7 Å². The third kappa shape index (κ3) is 3.83. The maximum Gasteiger partial charge on any atom is 0.211 e. The first kappa shape index (κ1) is 19.8. The standard InChI is InChI=1S/C20H20ClN5O2S/c1-3-29(27,28)25-13(2)20-24-23-18-12-22-19(14-7-5-4-6-8-14)16-11-15(21)9-10-17(16)26(18)20/h4-11,13,25H,3,12H2,1-2H3. The number of sulfonamides is 1. The lowest BCUT2D eigenvalue weighted by atomic mass is 10.0. The van der Waals surface area contributed by atoms with Gasteiger partial charge in [0, 0.05) is 16.1 Å². The van der Waals surface area contributed by atoms with Crippen LogP contribution >= 0.6 is 11.6 Å². The summed E-state index contributed by atoms with van der Waals surface area (Å²) in [6, 6.07) is 14.9. The summed E-state index contributed by atoms with van der Waals surface area (Å²) >= 11 is 6.30. The molecule has 0 spiro atoms. The van der Waals surface area contributed by atoms with Crippen LogP contribution in [0.15, 0.2) is 53.5 Å². The minimum Gasteiger partial charge on any atom is -0.279 e. The van der Waals surface area contributed by atoms with Crippen molar-refractivity contribution in [2.75, 3.05) is 5.75 Å². The third-order valence-corrected chi connectivity index (χ3v) is 6.47. The van der Waals surface area contributed by atoms with E-state index in [0.717, 1.165) is 22.5 Å². The summed E-state index contributed by atoms with van der Waals surface area (Å²) < 4.78 is 28.6. The molecule has 1 aliphatic heterocycles. The number of fused-ring (bicyclic) bond motifs is 3. The first-order chi connectivity index (χ1) is 13.9. The van der Waals surface area contributed by atoms with Crippen LogP contribution in [0.5, 0.6) is 0 Å². The Hall–Kier alpha value is -2.55. The second kappa shape index (κ2) is 7.70. The number of aliphatic imine (C=N–C) groups is 1. The van der Waals surface area contributed by atoms with Crippen molar-refractivity contribution in [3.05, 3.63) is 76.3 Å². The van der Waals surface area contributed by atoms with E-state index in [2.05, 4.69) is 14.9 Å². The summed E-state index contributed by atoms with van der Waals surface area (Å²) in [5.74, 6) is 1.13. The molecule has 1 aromatic heterocycles. The van der Waals surface area contributed by atoms with Crippen molar-refractivity contribution in [1.29, 1.82) is 0 Å². The van der Waals surface area contributed by atoms with Crippen molar-refractivity contribution in [2.24, 2.45) is 4.99 Å². The summed E-state index contributed by atoms with van der Waals surface area (Å²) in [6.45, 7) is 3.66. The molecule has 0 amide bonds. The minimum absolute atomic E-state index is 0.00814. The predicted octanol–water partition coefficient (Wildman–Crippen LogP) is 3.27. The molecule has 3 aromatic rings. The maximum absolute atomic E-state index is 12.1. The molecule has 0 aliphatic carbocycles. The van der Waals surface area contributed by atoms with Crippen molar-refractivity contribution in [2.45, 2.75) is 26.4 Å². The monoisotopic (exact) mass is 429 g/mol. The van der Waals surface area contributed by atoms with Gasteiger partial charge < -0.3 is 0 Å². The van der Waals surface area contributed by atoms with Crippen LogP contribution in [0.4, 0.5) is 0 Å². The van der Waals surface area contributed by atoms with E-state index < -0.39 is 16.1 Å². The molecule has 1 unspecified atom stereocenters. The molecule has 29 heavy (non-hydrogen) atoms. The Bertz CT molecular complexity index is 1190. The molecule has 0 fully saturated rings. The summed E-state index contributed by atoms with van der Waals surface area (Å²) in [5, 5.41) is 9.13. The minimum atomic E-state index is -3.40. The van der Waals surface area contributed by atoms with E-state index in [1.165, 1.54) is 0 Å². The van der Waals surface area contributed by atoms with E-state index in [-0.39, 0.29) is 5.75 Å². The van der Waals surface area contributed by atoms with Gasteiger partial charge in [0.05, 0.1) is 23.2 Å². The molecule has 1 N–H and O–H groups in total. The van der Waals surface area contributed by atoms with Gasteiger partial charge in [-0.15, -0.1) is 10.2 Å². The van der Waals surface area contributed by atoms with E-state index >= 15 is 0 Å². The summed E-state index contributed by atoms with van der Waals surface area (Å²) in [4.78, 5) is 4.78. The van der Waals surface area contributed by atoms with Crippen LogP contribution in [0.2, 0.25) is 5.02 Å². The lowest BCUT2D eigenvalue weighted by Gasteiger charge is -2.17. The van der Waals surface area contributed by atoms with Crippen molar-refractivity contribution >= 4 is 27.3 Å². The zero-order valence-electron chi connectivity index (χ0n) is 16.0. The quantitative estimate of drug-likeness (QED) is 0.674. The fourth-order valence-electron chi connectivity index (χ4n) is 3.35. The first-order valence-electron chi connectivity index (χ1n) is 9.24. The lowest BCUT2D eigenvalue weighted by Crippen LogP contribution is -2.30. The fraction of sp³-hybridized carbons (Fsp3) is 0.250. The molecule has 150 valence electrons. The number of rotatable bonds is 5. The molecule has 0 saturated carbocycles. The lowest BCUT2D eigenvalue weighted by molar-refractivity contribution is 0.557. The molecule has 1 aliphatic rings. The zero-order valence-corrected chi connectivity index (χ0v) is 17.6. The van der Waals surface area contributed by atoms with E-state index in [1.807, 2.05) is 47.0 Å². The van der Waals surface area contributed by atoms with Gasteiger partial charge in [0.25, 0.3) is 0 Å². The molecule has 2 aromatic carbocycles. The van der Waals surface area contributed by atoms with Crippen LogP contribution in [0, 0.1) is 0 Å². The van der Waals surface area contributed by atoms with E-state index in [1.54, 1.807) is 19.9 Å². The molecule has 2 heterocycles. The third-order valence-electron chi connectivity index (χ3n) is 4.76. The molecular formula is C20H20ClN5O2S. The van der Waals surface area contributed by atoms with Gasteiger partial charge >= 0.3 is 0 Å². The van der Waals surface area contributed by atoms with Crippen molar-refractivity contribution in [3.63, 3.8) is 0 Å². The highest BCUT2D eigenvalue weighted by molar-refractivity contribution is 7.89. The Morgan fingerprint density at radius 3 is 2.66 bits per heavy atom. The molecule has 0 bridgehead atoms. The Morgan fingerprint density at radius 1 is 1.17 bits per heavy atom. The highest BCUT2D eigenvalue weighted by atomic mass is 35.5. The van der Waals surface area contributed by atoms with Crippen LogP contribution in [-0.4, -0.2) is 34.6 Å². The normalized spacial score (nSPS) is 14.5. The number of benzene rings is 2. The molecule has 1 atom stereocenters. The molecule has 0 saturated heterocycles. The Kier molecular flexibility index (Phi) is 5.24. The summed E-state index contributed by atoms with van der Waals surface area (Å²) in [5.41, 5.74) is 3.43. The number of aromatic nitrogens is 3. The average Bonchev–Trinajstić information content (AvgIpc) is 3.06. The second-order valence-corrected chi connectivity index (χ2v) is 9.22. The Morgan fingerprint density at radius 2 is 1.93 bits per heavy atom. The van der Waals surface area contributed by atoms with Crippen molar-refractivity contribution < 1.29 is 8.42 Å². The van der Waals surface area contributed by atoms with E-state index in [0.29, 0.717) is 23.2 Å². The molecule has 0 radical (unpaired) electrons. The summed E-state index contributed by atoms with van der Waals surface area (Å²) in [7, 11) is -3.40. The Labute approximate surface area is 174 Å². The maximum atomic E-state index is 12.1. The number of hydrogen-bond acceptors (Lipinski definition) is 5. The van der Waals surface area contributed by atoms with Gasteiger partial charge in [-0.05, 0) is 32.0 Å². The van der Waals surface area contributed by atoms with Gasteiger partial charge in [-0.25, -0.2) is 13.1 Å². The topological polar surface area (TPSA) is 89.2 Å². The van der Waals surface area contributed by atoms with Gasteiger partial charge in [-0.2, -0.15) is 0 Å². The number of halogens is 1. The smallest absolute Gasteiger partial charge is 0.211 e. The Balaban J connectivity index is 1.87. The van der Waals surface area contributed by atoms with Gasteiger partial charge in [0.15, 0.2) is 11.6 Å². The van der Waals surface area contributed by atoms with Crippen molar-refractivity contribution in [1.82, 2.24) is 19.5 Å². The average molecular weight is 430 g/mol. The second-order valence-electron chi connectivity index (χ2n) is 6.75. The molecule has 7 nitrogen and oxygen atoms in total. The largest absolute Gasteiger partial charge is 0.279 e. The highest BCUT2D eigenvalue weighted by Crippen LogP contribution is 2.29. The van der Waals surface area contributed by atoms with Crippen LogP contribution < -0.4 is 4.72 Å². The van der Waals surface area contributed by atoms with Crippen molar-refractivity contribution in [3.8, 4) is 5.69 Å². The molecule has 4 rings (SSSR count). The van der Waals surface area contributed by atoms with Gasteiger partial charge in [-0.1, -0.05) is 41.9 Å². The SMILES string of the molecule is CCS(=O)(=O)NC(C)c1nnc2n1-c1ccc(Cl)cc1C(c1ccccc1)=NC2.